The lowest BCUT2D eigenvalue weighted by Gasteiger charge is -2.35. The van der Waals surface area contributed by atoms with Gasteiger partial charge in [-0.3, -0.25) is 0 Å². The summed E-state index contributed by atoms with van der Waals surface area (Å²) < 4.78 is 6.37. The molecule has 0 aromatic heterocycles. The van der Waals surface area contributed by atoms with E-state index in [0.29, 0.717) is 6.04 Å². The zero-order chi connectivity index (χ0) is 13.8. The summed E-state index contributed by atoms with van der Waals surface area (Å²) in [4.78, 5) is 0. The van der Waals surface area contributed by atoms with Gasteiger partial charge < -0.3 is 10.1 Å². The van der Waals surface area contributed by atoms with Gasteiger partial charge in [0.25, 0.3) is 0 Å². The van der Waals surface area contributed by atoms with Gasteiger partial charge in [-0.15, -0.1) is 0 Å². The second-order valence-corrected chi connectivity index (χ2v) is 6.65. The molecule has 3 heteroatoms. The van der Waals surface area contributed by atoms with Crippen molar-refractivity contribution in [2.45, 2.75) is 45.6 Å². The Kier molecular flexibility index (Phi) is 5.14. The summed E-state index contributed by atoms with van der Waals surface area (Å²) >= 11 is 3.50. The molecule has 2 atom stereocenters. The van der Waals surface area contributed by atoms with Crippen molar-refractivity contribution in [1.29, 1.82) is 0 Å². The molecule has 1 aromatic rings. The Bertz CT molecular complexity index is 419. The van der Waals surface area contributed by atoms with Crippen molar-refractivity contribution in [3.8, 4) is 5.75 Å². The maximum Gasteiger partial charge on any atom is 0.135 e. The van der Waals surface area contributed by atoms with Gasteiger partial charge in [0.05, 0.1) is 11.6 Å². The van der Waals surface area contributed by atoms with Crippen LogP contribution < -0.4 is 10.1 Å². The summed E-state index contributed by atoms with van der Waals surface area (Å²) in [5.41, 5.74) is 1.16. The highest BCUT2D eigenvalue weighted by Gasteiger charge is 2.27. The summed E-state index contributed by atoms with van der Waals surface area (Å²) in [6.45, 7) is 4.68. The van der Waals surface area contributed by atoms with Crippen LogP contribution in [0.3, 0.4) is 0 Å². The molecule has 1 fully saturated rings. The second kappa shape index (κ2) is 6.65. The largest absolute Gasteiger partial charge is 0.495 e. The first-order chi connectivity index (χ1) is 9.11. The topological polar surface area (TPSA) is 21.3 Å². The number of ether oxygens (including phenoxy) is 1. The highest BCUT2D eigenvalue weighted by Crippen LogP contribution is 2.34. The zero-order valence-electron chi connectivity index (χ0n) is 12.1. The quantitative estimate of drug-likeness (QED) is 0.833. The van der Waals surface area contributed by atoms with Crippen molar-refractivity contribution in [2.24, 2.45) is 11.8 Å². The monoisotopic (exact) mass is 325 g/mol. The molecule has 2 nitrogen and oxygen atoms in total. The molecule has 0 bridgehead atoms. The van der Waals surface area contributed by atoms with Crippen molar-refractivity contribution in [2.75, 3.05) is 12.4 Å². The lowest BCUT2D eigenvalue weighted by atomic mass is 9.78. The minimum absolute atomic E-state index is 0.597. The standard InChI is InChI=1S/C16H24BrNO/c1-11(2)13-6-4-5-7-15(13)18-12-8-9-14(17)16(10-12)19-3/h8-11,13,15,18H,4-7H2,1-3H3. The molecule has 0 amide bonds. The number of hydrogen-bond donors (Lipinski definition) is 1. The molecule has 0 saturated heterocycles. The van der Waals surface area contributed by atoms with E-state index in [1.807, 2.05) is 6.07 Å². The van der Waals surface area contributed by atoms with E-state index in [9.17, 15) is 0 Å². The maximum atomic E-state index is 5.36. The van der Waals surface area contributed by atoms with Gasteiger partial charge in [-0.1, -0.05) is 26.7 Å². The van der Waals surface area contributed by atoms with Gasteiger partial charge in [-0.25, -0.2) is 0 Å². The van der Waals surface area contributed by atoms with Crippen LogP contribution in [0.4, 0.5) is 5.69 Å². The van der Waals surface area contributed by atoms with E-state index >= 15 is 0 Å². The fraction of sp³-hybridized carbons (Fsp3) is 0.625. The van der Waals surface area contributed by atoms with E-state index < -0.39 is 0 Å². The van der Waals surface area contributed by atoms with Gasteiger partial charge in [0.2, 0.25) is 0 Å². The number of hydrogen-bond acceptors (Lipinski definition) is 2. The third kappa shape index (κ3) is 3.65. The molecular weight excluding hydrogens is 302 g/mol. The molecule has 19 heavy (non-hydrogen) atoms. The lowest BCUT2D eigenvalue weighted by molar-refractivity contribution is 0.254. The number of nitrogens with one attached hydrogen (secondary N) is 1. The summed E-state index contributed by atoms with van der Waals surface area (Å²) in [7, 11) is 1.71. The van der Waals surface area contributed by atoms with Gasteiger partial charge in [-0.05, 0) is 52.7 Å². The van der Waals surface area contributed by atoms with Crippen LogP contribution in [0.2, 0.25) is 0 Å². The minimum atomic E-state index is 0.597. The maximum absolute atomic E-state index is 5.36. The van der Waals surface area contributed by atoms with Crippen molar-refractivity contribution in [3.63, 3.8) is 0 Å². The van der Waals surface area contributed by atoms with Crippen LogP contribution in [0.1, 0.15) is 39.5 Å². The molecule has 1 aliphatic carbocycles. The molecule has 2 rings (SSSR count). The first kappa shape index (κ1) is 14.7. The molecule has 0 radical (unpaired) electrons. The number of anilines is 1. The molecule has 1 aliphatic rings. The molecule has 1 saturated carbocycles. The molecular formula is C16H24BrNO. The van der Waals surface area contributed by atoms with Gasteiger partial charge in [0.15, 0.2) is 0 Å². The normalized spacial score (nSPS) is 23.4. The van der Waals surface area contributed by atoms with Crippen LogP contribution in [-0.2, 0) is 0 Å². The van der Waals surface area contributed by atoms with E-state index in [2.05, 4.69) is 47.2 Å². The van der Waals surface area contributed by atoms with Crippen LogP contribution in [0.15, 0.2) is 22.7 Å². The van der Waals surface area contributed by atoms with E-state index in [1.165, 1.54) is 25.7 Å². The molecule has 106 valence electrons. The Morgan fingerprint density at radius 3 is 2.68 bits per heavy atom. The predicted molar refractivity (Wildman–Crippen MR) is 84.9 cm³/mol. The summed E-state index contributed by atoms with van der Waals surface area (Å²) in [5.74, 6) is 2.42. The van der Waals surface area contributed by atoms with Gasteiger partial charge >= 0.3 is 0 Å². The average Bonchev–Trinajstić information content (AvgIpc) is 2.41. The third-order valence-corrected chi connectivity index (χ3v) is 4.83. The predicted octanol–water partition coefficient (Wildman–Crippen LogP) is 5.08. The molecule has 1 aromatic carbocycles. The number of methoxy groups -OCH3 is 1. The van der Waals surface area contributed by atoms with E-state index in [1.54, 1.807) is 7.11 Å². The van der Waals surface area contributed by atoms with Crippen LogP contribution in [0.5, 0.6) is 5.75 Å². The fourth-order valence-corrected chi connectivity index (χ4v) is 3.51. The Morgan fingerprint density at radius 2 is 2.00 bits per heavy atom. The van der Waals surface area contributed by atoms with Gasteiger partial charge in [-0.2, -0.15) is 0 Å². The van der Waals surface area contributed by atoms with E-state index in [-0.39, 0.29) is 0 Å². The third-order valence-electron chi connectivity index (χ3n) is 4.18. The minimum Gasteiger partial charge on any atom is -0.495 e. The molecule has 0 spiro atoms. The van der Waals surface area contributed by atoms with Gasteiger partial charge in [0, 0.05) is 17.8 Å². The Labute approximate surface area is 125 Å². The Hall–Kier alpha value is -0.700. The fourth-order valence-electron chi connectivity index (χ4n) is 3.10. The van der Waals surface area contributed by atoms with Crippen molar-refractivity contribution in [1.82, 2.24) is 0 Å². The van der Waals surface area contributed by atoms with Crippen LogP contribution in [0.25, 0.3) is 0 Å². The first-order valence-corrected chi connectivity index (χ1v) is 8.01. The Morgan fingerprint density at radius 1 is 1.26 bits per heavy atom. The number of benzene rings is 1. The van der Waals surface area contributed by atoms with Crippen LogP contribution in [-0.4, -0.2) is 13.2 Å². The highest BCUT2D eigenvalue weighted by molar-refractivity contribution is 9.10. The Balaban J connectivity index is 2.10. The van der Waals surface area contributed by atoms with E-state index in [4.69, 9.17) is 4.74 Å². The lowest BCUT2D eigenvalue weighted by Crippen LogP contribution is -2.35. The molecule has 0 heterocycles. The molecule has 2 unspecified atom stereocenters. The van der Waals surface area contributed by atoms with Gasteiger partial charge in [0.1, 0.15) is 5.75 Å². The first-order valence-electron chi connectivity index (χ1n) is 7.22. The number of halogens is 1. The highest BCUT2D eigenvalue weighted by atomic mass is 79.9. The second-order valence-electron chi connectivity index (χ2n) is 5.79. The molecule has 0 aliphatic heterocycles. The van der Waals surface area contributed by atoms with Crippen LogP contribution in [0, 0.1) is 11.8 Å². The molecule has 1 N–H and O–H groups in total. The average molecular weight is 326 g/mol. The van der Waals surface area contributed by atoms with E-state index in [0.717, 1.165) is 27.7 Å². The van der Waals surface area contributed by atoms with Crippen molar-refractivity contribution < 1.29 is 4.74 Å². The summed E-state index contributed by atoms with van der Waals surface area (Å²) in [5, 5.41) is 3.71. The summed E-state index contributed by atoms with van der Waals surface area (Å²) in [6.07, 6.45) is 5.35. The van der Waals surface area contributed by atoms with Crippen molar-refractivity contribution in [3.05, 3.63) is 22.7 Å². The number of rotatable bonds is 4. The van der Waals surface area contributed by atoms with Crippen LogP contribution >= 0.6 is 15.9 Å². The summed E-state index contributed by atoms with van der Waals surface area (Å²) in [6, 6.07) is 6.85. The SMILES string of the molecule is COc1cc(NC2CCCCC2C(C)C)ccc1Br. The zero-order valence-corrected chi connectivity index (χ0v) is 13.7. The van der Waals surface area contributed by atoms with Crippen molar-refractivity contribution >= 4 is 21.6 Å². The smallest absolute Gasteiger partial charge is 0.135 e.